The van der Waals surface area contributed by atoms with Crippen molar-refractivity contribution in [2.75, 3.05) is 20.3 Å². The second-order valence-electron chi connectivity index (χ2n) is 9.09. The molecule has 0 spiro atoms. The lowest BCUT2D eigenvalue weighted by Gasteiger charge is -2.42. The van der Waals surface area contributed by atoms with Crippen LogP contribution < -0.4 is 4.74 Å². The van der Waals surface area contributed by atoms with E-state index in [1.165, 1.54) is 0 Å². The van der Waals surface area contributed by atoms with Gasteiger partial charge in [-0.25, -0.2) is 0 Å². The van der Waals surface area contributed by atoms with Crippen LogP contribution in [-0.4, -0.2) is 117 Å². The van der Waals surface area contributed by atoms with Gasteiger partial charge in [0, 0.05) is 0 Å². The van der Waals surface area contributed by atoms with Gasteiger partial charge < -0.3 is 59.4 Å². The standard InChI is InChI=1S/C23H36O12/c1-10(2)12-5-4-11(6-13(12)31-3)8-32-22-21(30)19(28)17(26)15(35-22)9-33-23-20(29)18(27)16(25)14(7-24)34-23/h4-6,10,14-30H,7-9H2,1-3H3/t14-,15-,16-,17-,18+,19+,20-,21-,22-,23-/m1/s1. The van der Waals surface area contributed by atoms with E-state index in [4.69, 9.17) is 23.7 Å². The van der Waals surface area contributed by atoms with E-state index in [0.29, 0.717) is 5.75 Å². The van der Waals surface area contributed by atoms with Gasteiger partial charge in [-0.2, -0.15) is 0 Å². The fourth-order valence-corrected chi connectivity index (χ4v) is 4.09. The molecule has 0 saturated carbocycles. The lowest BCUT2D eigenvalue weighted by Crippen LogP contribution is -2.61. The highest BCUT2D eigenvalue weighted by molar-refractivity contribution is 5.39. The maximum Gasteiger partial charge on any atom is 0.187 e. The van der Waals surface area contributed by atoms with E-state index in [1.807, 2.05) is 26.0 Å². The van der Waals surface area contributed by atoms with E-state index in [0.717, 1.165) is 11.1 Å². The maximum atomic E-state index is 10.3. The molecule has 0 unspecified atom stereocenters. The number of aliphatic hydroxyl groups excluding tert-OH is 7. The highest BCUT2D eigenvalue weighted by Crippen LogP contribution is 2.29. The molecular formula is C23H36O12. The highest BCUT2D eigenvalue weighted by atomic mass is 16.7. The van der Waals surface area contributed by atoms with Crippen LogP contribution in [0.2, 0.25) is 0 Å². The summed E-state index contributed by atoms with van der Waals surface area (Å²) in [7, 11) is 1.57. The van der Waals surface area contributed by atoms with Crippen LogP contribution in [0.1, 0.15) is 30.9 Å². The Hall–Kier alpha value is -1.42. The minimum absolute atomic E-state index is 0.0135. The Labute approximate surface area is 203 Å². The van der Waals surface area contributed by atoms with Crippen LogP contribution in [0.3, 0.4) is 0 Å². The minimum Gasteiger partial charge on any atom is -0.496 e. The normalized spacial score (nSPS) is 38.0. The van der Waals surface area contributed by atoms with Gasteiger partial charge in [0.1, 0.15) is 54.6 Å². The second-order valence-corrected chi connectivity index (χ2v) is 9.09. The Bertz CT molecular complexity index is 805. The Balaban J connectivity index is 1.62. The molecule has 1 aromatic carbocycles. The largest absolute Gasteiger partial charge is 0.496 e. The molecule has 0 amide bonds. The van der Waals surface area contributed by atoms with Crippen molar-refractivity contribution in [1.82, 2.24) is 0 Å². The Morgan fingerprint density at radius 1 is 0.800 bits per heavy atom. The van der Waals surface area contributed by atoms with Crippen LogP contribution >= 0.6 is 0 Å². The first-order valence-corrected chi connectivity index (χ1v) is 11.5. The molecule has 1 aromatic rings. The summed E-state index contributed by atoms with van der Waals surface area (Å²) in [6, 6.07) is 5.56. The second kappa shape index (κ2) is 12.2. The summed E-state index contributed by atoms with van der Waals surface area (Å²) in [6.07, 6.45) is -14.7. The SMILES string of the molecule is COc1cc(CO[C@@H]2O[C@H](CO[C@@H]3O[C@H](CO)[C@@H](O)[C@H](O)[C@H]3O)[C@@H](O)[C@H](O)[C@H]2O)ccc1C(C)C. The third kappa shape index (κ3) is 6.29. The molecule has 7 N–H and O–H groups in total. The smallest absolute Gasteiger partial charge is 0.187 e. The summed E-state index contributed by atoms with van der Waals surface area (Å²) in [4.78, 5) is 0. The fourth-order valence-electron chi connectivity index (χ4n) is 4.09. The van der Waals surface area contributed by atoms with E-state index in [1.54, 1.807) is 13.2 Å². The first kappa shape index (κ1) is 28.2. The Morgan fingerprint density at radius 3 is 1.94 bits per heavy atom. The number of hydrogen-bond acceptors (Lipinski definition) is 12. The number of hydrogen-bond donors (Lipinski definition) is 7. The van der Waals surface area contributed by atoms with Crippen molar-refractivity contribution in [1.29, 1.82) is 0 Å². The molecule has 200 valence electrons. The summed E-state index contributed by atoms with van der Waals surface area (Å²) < 4.78 is 27.4. The molecule has 0 radical (unpaired) electrons. The highest BCUT2D eigenvalue weighted by Gasteiger charge is 2.47. The van der Waals surface area contributed by atoms with Gasteiger partial charge in [0.2, 0.25) is 0 Å². The fraction of sp³-hybridized carbons (Fsp3) is 0.739. The summed E-state index contributed by atoms with van der Waals surface area (Å²) in [5.74, 6) is 0.942. The average Bonchev–Trinajstić information content (AvgIpc) is 2.85. The zero-order valence-corrected chi connectivity index (χ0v) is 19.9. The van der Waals surface area contributed by atoms with Crippen LogP contribution in [0, 0.1) is 0 Å². The number of ether oxygens (including phenoxy) is 5. The summed E-state index contributed by atoms with van der Waals surface area (Å²) in [6.45, 7) is 3.04. The monoisotopic (exact) mass is 504 g/mol. The van der Waals surface area contributed by atoms with Crippen LogP contribution in [0.15, 0.2) is 18.2 Å². The molecular weight excluding hydrogens is 468 g/mol. The summed E-state index contributed by atoms with van der Waals surface area (Å²) in [5, 5.41) is 70.1. The molecule has 2 aliphatic rings. The lowest BCUT2D eigenvalue weighted by molar-refractivity contribution is -0.332. The van der Waals surface area contributed by atoms with Crippen molar-refractivity contribution in [3.05, 3.63) is 29.3 Å². The van der Waals surface area contributed by atoms with Gasteiger partial charge in [0.05, 0.1) is 26.9 Å². The molecule has 10 atom stereocenters. The maximum absolute atomic E-state index is 10.3. The van der Waals surface area contributed by atoms with Crippen molar-refractivity contribution >= 4 is 0 Å². The number of rotatable bonds is 9. The molecule has 35 heavy (non-hydrogen) atoms. The summed E-state index contributed by atoms with van der Waals surface area (Å²) in [5.41, 5.74) is 1.76. The number of methoxy groups -OCH3 is 1. The van der Waals surface area contributed by atoms with Gasteiger partial charge in [-0.3, -0.25) is 0 Å². The first-order valence-electron chi connectivity index (χ1n) is 11.5. The van der Waals surface area contributed by atoms with Crippen molar-refractivity contribution in [3.8, 4) is 5.75 Å². The predicted octanol–water partition coefficient (Wildman–Crippen LogP) is -2.04. The Morgan fingerprint density at radius 2 is 1.37 bits per heavy atom. The first-order chi connectivity index (χ1) is 16.6. The van der Waals surface area contributed by atoms with E-state index >= 15 is 0 Å². The molecule has 2 heterocycles. The van der Waals surface area contributed by atoms with Gasteiger partial charge in [0.25, 0.3) is 0 Å². The van der Waals surface area contributed by atoms with Crippen molar-refractivity contribution < 1.29 is 59.4 Å². The summed E-state index contributed by atoms with van der Waals surface area (Å²) >= 11 is 0. The van der Waals surface area contributed by atoms with Crippen molar-refractivity contribution in [2.45, 2.75) is 87.8 Å². The van der Waals surface area contributed by atoms with Gasteiger partial charge in [-0.05, 0) is 23.1 Å². The molecule has 12 nitrogen and oxygen atoms in total. The van der Waals surface area contributed by atoms with Gasteiger partial charge in [0.15, 0.2) is 12.6 Å². The van der Waals surface area contributed by atoms with E-state index in [2.05, 4.69) is 0 Å². The van der Waals surface area contributed by atoms with Crippen LogP contribution in [0.25, 0.3) is 0 Å². The average molecular weight is 505 g/mol. The third-order valence-electron chi connectivity index (χ3n) is 6.28. The number of benzene rings is 1. The molecule has 2 saturated heterocycles. The minimum atomic E-state index is -1.64. The topological polar surface area (TPSA) is 188 Å². The molecule has 0 aromatic heterocycles. The predicted molar refractivity (Wildman–Crippen MR) is 118 cm³/mol. The van der Waals surface area contributed by atoms with E-state index in [9.17, 15) is 35.7 Å². The molecule has 2 fully saturated rings. The van der Waals surface area contributed by atoms with Crippen LogP contribution in [-0.2, 0) is 25.6 Å². The molecule has 2 aliphatic heterocycles. The van der Waals surface area contributed by atoms with Gasteiger partial charge >= 0.3 is 0 Å². The van der Waals surface area contributed by atoms with Crippen molar-refractivity contribution in [2.24, 2.45) is 0 Å². The lowest BCUT2D eigenvalue weighted by atomic mass is 9.98. The zero-order chi connectivity index (χ0) is 25.9. The van der Waals surface area contributed by atoms with Crippen molar-refractivity contribution in [3.63, 3.8) is 0 Å². The quantitative estimate of drug-likeness (QED) is 0.195. The zero-order valence-electron chi connectivity index (χ0n) is 19.9. The Kier molecular flexibility index (Phi) is 9.82. The molecule has 3 rings (SSSR count). The van der Waals surface area contributed by atoms with Gasteiger partial charge in [-0.15, -0.1) is 0 Å². The van der Waals surface area contributed by atoms with Crippen LogP contribution in [0.5, 0.6) is 5.75 Å². The van der Waals surface area contributed by atoms with Crippen LogP contribution in [0.4, 0.5) is 0 Å². The number of aliphatic hydroxyl groups is 7. The third-order valence-corrected chi connectivity index (χ3v) is 6.28. The van der Waals surface area contributed by atoms with E-state index in [-0.39, 0.29) is 12.5 Å². The van der Waals surface area contributed by atoms with Gasteiger partial charge in [-0.1, -0.05) is 26.0 Å². The molecule has 0 aliphatic carbocycles. The molecule has 0 bridgehead atoms. The molecule has 12 heteroatoms. The van der Waals surface area contributed by atoms with E-state index < -0.39 is 74.6 Å².